The second-order valence-electron chi connectivity index (χ2n) is 5.36. The number of hydrogen-bond acceptors (Lipinski definition) is 3. The van der Waals surface area contributed by atoms with Crippen LogP contribution in [0.5, 0.6) is 0 Å². The molecule has 1 heterocycles. The molecular formula is C15H22BrFN2O. The molecule has 112 valence electrons. The molecule has 2 N–H and O–H groups in total. The first kappa shape index (κ1) is 15.9. The van der Waals surface area contributed by atoms with Crippen molar-refractivity contribution >= 4 is 15.9 Å². The normalized spacial score (nSPS) is 19.2. The fourth-order valence-corrected chi connectivity index (χ4v) is 3.28. The highest BCUT2D eigenvalue weighted by Crippen LogP contribution is 2.28. The van der Waals surface area contributed by atoms with E-state index in [2.05, 4.69) is 20.8 Å². The smallest absolute Gasteiger partial charge is 0.137 e. The highest BCUT2D eigenvalue weighted by molar-refractivity contribution is 9.10. The molecule has 0 aromatic heterocycles. The minimum atomic E-state index is -0.233. The second-order valence-corrected chi connectivity index (χ2v) is 6.21. The van der Waals surface area contributed by atoms with Crippen LogP contribution in [0.15, 0.2) is 22.7 Å². The van der Waals surface area contributed by atoms with Crippen LogP contribution in [0.4, 0.5) is 4.39 Å². The summed E-state index contributed by atoms with van der Waals surface area (Å²) < 4.78 is 19.1. The molecule has 5 heteroatoms. The van der Waals surface area contributed by atoms with E-state index < -0.39 is 0 Å². The zero-order valence-electron chi connectivity index (χ0n) is 11.8. The first-order valence-electron chi connectivity index (χ1n) is 7.03. The summed E-state index contributed by atoms with van der Waals surface area (Å²) in [5.41, 5.74) is 7.02. The van der Waals surface area contributed by atoms with Crippen LogP contribution in [0.3, 0.4) is 0 Å². The van der Waals surface area contributed by atoms with E-state index >= 15 is 0 Å². The number of benzene rings is 1. The van der Waals surface area contributed by atoms with E-state index in [1.54, 1.807) is 7.11 Å². The molecule has 0 bridgehead atoms. The van der Waals surface area contributed by atoms with Gasteiger partial charge < -0.3 is 10.5 Å². The van der Waals surface area contributed by atoms with Gasteiger partial charge >= 0.3 is 0 Å². The van der Waals surface area contributed by atoms with E-state index in [0.717, 1.165) is 38.1 Å². The Labute approximate surface area is 128 Å². The second kappa shape index (κ2) is 7.50. The standard InChI is InChI=1S/C15H22BrFN2O/c1-20-10-11-4-6-19(7-5-11)15(9-18)12-2-3-14(17)13(16)8-12/h2-3,8,11,15H,4-7,9-10,18H2,1H3. The van der Waals surface area contributed by atoms with Crippen LogP contribution in [0.1, 0.15) is 24.4 Å². The molecule has 0 spiro atoms. The van der Waals surface area contributed by atoms with E-state index in [4.69, 9.17) is 10.5 Å². The fourth-order valence-electron chi connectivity index (χ4n) is 2.88. The number of rotatable bonds is 5. The minimum Gasteiger partial charge on any atom is -0.384 e. The van der Waals surface area contributed by atoms with Gasteiger partial charge in [-0.25, -0.2) is 4.39 Å². The number of methoxy groups -OCH3 is 1. The van der Waals surface area contributed by atoms with Crippen molar-refractivity contribution in [1.29, 1.82) is 0 Å². The predicted molar refractivity (Wildman–Crippen MR) is 82.1 cm³/mol. The number of hydrogen-bond donors (Lipinski definition) is 1. The molecular weight excluding hydrogens is 323 g/mol. The monoisotopic (exact) mass is 344 g/mol. The lowest BCUT2D eigenvalue weighted by molar-refractivity contribution is 0.0810. The van der Waals surface area contributed by atoms with Crippen LogP contribution >= 0.6 is 15.9 Å². The Kier molecular flexibility index (Phi) is 5.96. The lowest BCUT2D eigenvalue weighted by atomic mass is 9.95. The van der Waals surface area contributed by atoms with Crippen molar-refractivity contribution in [1.82, 2.24) is 4.90 Å². The van der Waals surface area contributed by atoms with Crippen molar-refractivity contribution in [3.8, 4) is 0 Å². The molecule has 1 unspecified atom stereocenters. The summed E-state index contributed by atoms with van der Waals surface area (Å²) >= 11 is 3.25. The third-order valence-corrected chi connectivity index (χ3v) is 4.65. The van der Waals surface area contributed by atoms with Gasteiger partial charge in [-0.2, -0.15) is 0 Å². The summed E-state index contributed by atoms with van der Waals surface area (Å²) in [6.45, 7) is 3.42. The summed E-state index contributed by atoms with van der Waals surface area (Å²) in [5.74, 6) is 0.415. The van der Waals surface area contributed by atoms with Gasteiger partial charge in [0.1, 0.15) is 5.82 Å². The van der Waals surface area contributed by atoms with Crippen LogP contribution in [-0.2, 0) is 4.74 Å². The number of ether oxygens (including phenoxy) is 1. The SMILES string of the molecule is COCC1CCN(C(CN)c2ccc(F)c(Br)c2)CC1. The van der Waals surface area contributed by atoms with E-state index in [-0.39, 0.29) is 11.9 Å². The summed E-state index contributed by atoms with van der Waals surface area (Å²) in [6, 6.07) is 5.34. The number of halogens is 2. The molecule has 1 atom stereocenters. The number of nitrogens with two attached hydrogens (primary N) is 1. The van der Waals surface area contributed by atoms with E-state index in [1.807, 2.05) is 12.1 Å². The lowest BCUT2D eigenvalue weighted by Gasteiger charge is -2.37. The van der Waals surface area contributed by atoms with Crippen molar-refractivity contribution in [2.45, 2.75) is 18.9 Å². The van der Waals surface area contributed by atoms with Crippen molar-refractivity contribution in [2.24, 2.45) is 11.7 Å². The Morgan fingerprint density at radius 3 is 2.70 bits per heavy atom. The molecule has 0 aliphatic carbocycles. The summed E-state index contributed by atoms with van der Waals surface area (Å²) in [6.07, 6.45) is 2.26. The first-order chi connectivity index (χ1) is 9.65. The maximum Gasteiger partial charge on any atom is 0.137 e. The molecule has 20 heavy (non-hydrogen) atoms. The Bertz CT molecular complexity index is 436. The molecule has 0 amide bonds. The third-order valence-electron chi connectivity index (χ3n) is 4.04. The van der Waals surface area contributed by atoms with Gasteiger partial charge in [-0.05, 0) is 65.5 Å². The minimum absolute atomic E-state index is 0.162. The quantitative estimate of drug-likeness (QED) is 0.892. The van der Waals surface area contributed by atoms with Crippen LogP contribution < -0.4 is 5.73 Å². The zero-order chi connectivity index (χ0) is 14.5. The van der Waals surface area contributed by atoms with Gasteiger partial charge in [0.2, 0.25) is 0 Å². The van der Waals surface area contributed by atoms with Crippen LogP contribution in [0, 0.1) is 11.7 Å². The van der Waals surface area contributed by atoms with Crippen LogP contribution in [0.25, 0.3) is 0 Å². The Balaban J connectivity index is 2.03. The lowest BCUT2D eigenvalue weighted by Crippen LogP contribution is -2.40. The molecule has 3 nitrogen and oxygen atoms in total. The average molecular weight is 345 g/mol. The van der Waals surface area contributed by atoms with Gasteiger partial charge in [0.15, 0.2) is 0 Å². The number of likely N-dealkylation sites (tertiary alicyclic amines) is 1. The average Bonchev–Trinajstić information content (AvgIpc) is 2.46. The summed E-state index contributed by atoms with van der Waals surface area (Å²) in [7, 11) is 1.76. The molecule has 2 rings (SSSR count). The first-order valence-corrected chi connectivity index (χ1v) is 7.83. The largest absolute Gasteiger partial charge is 0.384 e. The maximum atomic E-state index is 13.3. The molecule has 1 saturated heterocycles. The van der Waals surface area contributed by atoms with E-state index in [1.165, 1.54) is 6.07 Å². The predicted octanol–water partition coefficient (Wildman–Crippen LogP) is 2.95. The van der Waals surface area contributed by atoms with Crippen molar-refractivity contribution in [3.05, 3.63) is 34.1 Å². The topological polar surface area (TPSA) is 38.5 Å². The maximum absolute atomic E-state index is 13.3. The third kappa shape index (κ3) is 3.79. The Morgan fingerprint density at radius 2 is 2.15 bits per heavy atom. The van der Waals surface area contributed by atoms with Gasteiger partial charge in [0.05, 0.1) is 4.47 Å². The number of nitrogens with zero attached hydrogens (tertiary/aromatic N) is 1. The highest BCUT2D eigenvalue weighted by Gasteiger charge is 2.25. The fraction of sp³-hybridized carbons (Fsp3) is 0.600. The van der Waals surface area contributed by atoms with E-state index in [9.17, 15) is 4.39 Å². The molecule has 0 saturated carbocycles. The van der Waals surface area contributed by atoms with Crippen molar-refractivity contribution in [3.63, 3.8) is 0 Å². The van der Waals surface area contributed by atoms with Crippen molar-refractivity contribution in [2.75, 3.05) is 33.4 Å². The van der Waals surface area contributed by atoms with Crippen LogP contribution in [-0.4, -0.2) is 38.3 Å². The highest BCUT2D eigenvalue weighted by atomic mass is 79.9. The summed E-state index contributed by atoms with van der Waals surface area (Å²) in [4.78, 5) is 2.39. The molecule has 1 aromatic rings. The summed E-state index contributed by atoms with van der Waals surface area (Å²) in [5, 5.41) is 0. The Morgan fingerprint density at radius 1 is 1.45 bits per heavy atom. The van der Waals surface area contributed by atoms with E-state index in [0.29, 0.717) is 16.9 Å². The molecule has 1 aliphatic rings. The van der Waals surface area contributed by atoms with Gasteiger partial charge in [0.25, 0.3) is 0 Å². The zero-order valence-corrected chi connectivity index (χ0v) is 13.4. The van der Waals surface area contributed by atoms with Crippen molar-refractivity contribution < 1.29 is 9.13 Å². The molecule has 1 aliphatic heterocycles. The Hall–Kier alpha value is -0.490. The molecule has 1 fully saturated rings. The van der Waals surface area contributed by atoms with Crippen LogP contribution in [0.2, 0.25) is 0 Å². The molecule has 0 radical (unpaired) electrons. The van der Waals surface area contributed by atoms with Gasteiger partial charge in [-0.3, -0.25) is 4.90 Å². The van der Waals surface area contributed by atoms with Gasteiger partial charge in [0, 0.05) is 26.3 Å². The van der Waals surface area contributed by atoms with Gasteiger partial charge in [-0.1, -0.05) is 6.07 Å². The molecule has 1 aromatic carbocycles. The van der Waals surface area contributed by atoms with Gasteiger partial charge in [-0.15, -0.1) is 0 Å². The number of piperidine rings is 1.